The van der Waals surface area contributed by atoms with E-state index in [0.717, 1.165) is 24.7 Å². The van der Waals surface area contributed by atoms with Gasteiger partial charge in [-0.15, -0.1) is 0 Å². The summed E-state index contributed by atoms with van der Waals surface area (Å²) in [5.74, 6) is 1.58. The van der Waals surface area contributed by atoms with Gasteiger partial charge >= 0.3 is 0 Å². The maximum absolute atomic E-state index is 6.51. The summed E-state index contributed by atoms with van der Waals surface area (Å²) < 4.78 is 17.1. The van der Waals surface area contributed by atoms with Gasteiger partial charge in [0.15, 0.2) is 0 Å². The largest absolute Gasteiger partial charge is 0.330 e. The van der Waals surface area contributed by atoms with Crippen LogP contribution in [0.4, 0.5) is 0 Å². The second kappa shape index (κ2) is 3.92. The number of ether oxygens (including phenoxy) is 3. The Labute approximate surface area is 108 Å². The molecule has 4 heteroatoms. The minimum Gasteiger partial charge on any atom is -0.330 e. The zero-order valence-electron chi connectivity index (χ0n) is 11.0. The lowest BCUT2D eigenvalue weighted by Gasteiger charge is -2.40. The summed E-state index contributed by atoms with van der Waals surface area (Å²) >= 11 is 0. The highest BCUT2D eigenvalue weighted by molar-refractivity contribution is 5.14. The van der Waals surface area contributed by atoms with Crippen LogP contribution in [0.2, 0.25) is 0 Å². The number of nitrogens with two attached hydrogens (primary N) is 1. The molecule has 3 saturated carbocycles. The molecular formula is C14H23NO3. The van der Waals surface area contributed by atoms with E-state index in [1.54, 1.807) is 0 Å². The van der Waals surface area contributed by atoms with Crippen LogP contribution < -0.4 is 5.73 Å². The highest BCUT2D eigenvalue weighted by Gasteiger charge is 2.63. The molecule has 0 amide bonds. The Bertz CT molecular complexity index is 330. The summed E-state index contributed by atoms with van der Waals surface area (Å²) in [5.41, 5.74) is 6.83. The average molecular weight is 253 g/mol. The maximum atomic E-state index is 6.51. The molecule has 3 aliphatic carbocycles. The number of hydrogen-bond donors (Lipinski definition) is 1. The van der Waals surface area contributed by atoms with E-state index in [0.29, 0.717) is 18.1 Å². The summed E-state index contributed by atoms with van der Waals surface area (Å²) in [6.07, 6.45) is 6.65. The van der Waals surface area contributed by atoms with E-state index in [-0.39, 0.29) is 12.2 Å². The molecule has 1 saturated heterocycles. The number of fused-ring (bicyclic) bond motifs is 4. The smallest absolute Gasteiger partial charge is 0.272 e. The van der Waals surface area contributed by atoms with Gasteiger partial charge in [0.2, 0.25) is 0 Å². The topological polar surface area (TPSA) is 53.7 Å². The van der Waals surface area contributed by atoms with Gasteiger partial charge in [-0.05, 0) is 56.3 Å². The highest BCUT2D eigenvalue weighted by atomic mass is 16.9. The van der Waals surface area contributed by atoms with Crippen LogP contribution in [-0.4, -0.2) is 31.3 Å². The van der Waals surface area contributed by atoms with Crippen molar-refractivity contribution in [3.63, 3.8) is 0 Å². The SMILES string of the molecule is CCO[C@H]1OC2C[C@]3(C[C@H]2O1)[C@H]1CC[C@H](C1)[C@@H]3N. The Hall–Kier alpha value is -0.160. The summed E-state index contributed by atoms with van der Waals surface area (Å²) in [7, 11) is 0. The van der Waals surface area contributed by atoms with Gasteiger partial charge < -0.3 is 19.9 Å². The van der Waals surface area contributed by atoms with Crippen molar-refractivity contribution in [2.45, 2.75) is 63.8 Å². The molecule has 0 aromatic carbocycles. The molecule has 1 spiro atoms. The second-order valence-corrected chi connectivity index (χ2v) is 6.53. The lowest BCUT2D eigenvalue weighted by atomic mass is 9.69. The Kier molecular flexibility index (Phi) is 2.54. The molecule has 2 bridgehead atoms. The Morgan fingerprint density at radius 3 is 2.50 bits per heavy atom. The molecular weight excluding hydrogens is 230 g/mol. The highest BCUT2D eigenvalue weighted by Crippen LogP contribution is 2.63. The van der Waals surface area contributed by atoms with Crippen molar-refractivity contribution in [3.05, 3.63) is 0 Å². The van der Waals surface area contributed by atoms with E-state index < -0.39 is 6.48 Å². The lowest BCUT2D eigenvalue weighted by molar-refractivity contribution is -0.247. The number of hydrogen-bond acceptors (Lipinski definition) is 4. The van der Waals surface area contributed by atoms with Crippen LogP contribution in [0, 0.1) is 17.3 Å². The molecule has 18 heavy (non-hydrogen) atoms. The zero-order valence-corrected chi connectivity index (χ0v) is 11.0. The molecule has 7 atom stereocenters. The van der Waals surface area contributed by atoms with Crippen molar-refractivity contribution in [2.75, 3.05) is 6.61 Å². The molecule has 4 fully saturated rings. The van der Waals surface area contributed by atoms with Crippen LogP contribution >= 0.6 is 0 Å². The van der Waals surface area contributed by atoms with Crippen LogP contribution in [0.25, 0.3) is 0 Å². The maximum Gasteiger partial charge on any atom is 0.272 e. The van der Waals surface area contributed by atoms with Gasteiger partial charge in [0.25, 0.3) is 6.48 Å². The van der Waals surface area contributed by atoms with Crippen molar-refractivity contribution < 1.29 is 14.2 Å². The van der Waals surface area contributed by atoms with Gasteiger partial charge in [0.05, 0.1) is 12.2 Å². The number of rotatable bonds is 2. The molecule has 4 aliphatic rings. The van der Waals surface area contributed by atoms with Crippen LogP contribution in [0.1, 0.15) is 39.0 Å². The molecule has 4 nitrogen and oxygen atoms in total. The summed E-state index contributed by atoms with van der Waals surface area (Å²) in [6, 6.07) is 0.375. The van der Waals surface area contributed by atoms with Crippen LogP contribution in [0.5, 0.6) is 0 Å². The third kappa shape index (κ3) is 1.40. The van der Waals surface area contributed by atoms with Crippen molar-refractivity contribution >= 4 is 0 Å². The molecule has 0 radical (unpaired) electrons. The Morgan fingerprint density at radius 2 is 1.94 bits per heavy atom. The summed E-state index contributed by atoms with van der Waals surface area (Å²) in [6.45, 7) is 2.17. The fraction of sp³-hybridized carbons (Fsp3) is 1.00. The normalized spacial score (nSPS) is 57.7. The second-order valence-electron chi connectivity index (χ2n) is 6.53. The lowest BCUT2D eigenvalue weighted by Crippen LogP contribution is -2.45. The summed E-state index contributed by atoms with van der Waals surface area (Å²) in [5, 5.41) is 0. The molecule has 102 valence electrons. The first-order valence-corrected chi connectivity index (χ1v) is 7.41. The van der Waals surface area contributed by atoms with E-state index in [1.807, 2.05) is 6.92 Å². The van der Waals surface area contributed by atoms with E-state index in [1.165, 1.54) is 19.3 Å². The molecule has 2 N–H and O–H groups in total. The molecule has 1 heterocycles. The molecule has 1 aliphatic heterocycles. The van der Waals surface area contributed by atoms with Gasteiger partial charge in [-0.3, -0.25) is 0 Å². The van der Waals surface area contributed by atoms with Gasteiger partial charge in [0, 0.05) is 12.6 Å². The third-order valence-corrected chi connectivity index (χ3v) is 5.91. The first-order chi connectivity index (χ1) is 8.73. The van der Waals surface area contributed by atoms with Crippen molar-refractivity contribution in [3.8, 4) is 0 Å². The Balaban J connectivity index is 1.50. The predicted octanol–water partition coefficient (Wildman–Crippen LogP) is 1.63. The minimum atomic E-state index is -0.433. The van der Waals surface area contributed by atoms with E-state index in [4.69, 9.17) is 19.9 Å². The predicted molar refractivity (Wildman–Crippen MR) is 65.6 cm³/mol. The molecule has 4 rings (SSSR count). The zero-order chi connectivity index (χ0) is 12.3. The van der Waals surface area contributed by atoms with Gasteiger partial charge in [-0.2, -0.15) is 0 Å². The van der Waals surface area contributed by atoms with Gasteiger partial charge in [0.1, 0.15) is 0 Å². The van der Waals surface area contributed by atoms with Crippen molar-refractivity contribution in [1.82, 2.24) is 0 Å². The van der Waals surface area contributed by atoms with Crippen molar-refractivity contribution in [2.24, 2.45) is 23.0 Å². The fourth-order valence-electron chi connectivity index (χ4n) is 5.11. The monoisotopic (exact) mass is 253 g/mol. The molecule has 1 unspecified atom stereocenters. The van der Waals surface area contributed by atoms with E-state index in [2.05, 4.69) is 0 Å². The first-order valence-electron chi connectivity index (χ1n) is 7.41. The van der Waals surface area contributed by atoms with Crippen LogP contribution in [0.3, 0.4) is 0 Å². The van der Waals surface area contributed by atoms with Crippen molar-refractivity contribution in [1.29, 1.82) is 0 Å². The summed E-state index contributed by atoms with van der Waals surface area (Å²) in [4.78, 5) is 0. The van der Waals surface area contributed by atoms with E-state index in [9.17, 15) is 0 Å². The quantitative estimate of drug-likeness (QED) is 0.812. The fourth-order valence-corrected chi connectivity index (χ4v) is 5.11. The average Bonchev–Trinajstić information content (AvgIpc) is 3.02. The van der Waals surface area contributed by atoms with Crippen LogP contribution in [0.15, 0.2) is 0 Å². The first kappa shape index (κ1) is 11.6. The third-order valence-electron chi connectivity index (χ3n) is 5.91. The standard InChI is InChI=1S/C14H23NO3/c1-2-16-13-17-10-6-14(7-11(10)18-13)9-4-3-8(5-9)12(14)15/h8-13H,2-7,15H2,1H3/t8-,9+,10-,11?,12+,13-,14-/m1/s1. The van der Waals surface area contributed by atoms with Crippen LogP contribution in [-0.2, 0) is 14.2 Å². The van der Waals surface area contributed by atoms with Gasteiger partial charge in [-0.25, -0.2) is 0 Å². The molecule has 0 aromatic heterocycles. The Morgan fingerprint density at radius 1 is 1.22 bits per heavy atom. The van der Waals surface area contributed by atoms with Gasteiger partial charge in [-0.1, -0.05) is 0 Å². The van der Waals surface area contributed by atoms with E-state index >= 15 is 0 Å². The minimum absolute atomic E-state index is 0.215. The molecule has 0 aromatic rings.